The number of hydrogen-bond donors (Lipinski definition) is 1. The van der Waals surface area contributed by atoms with Crippen LogP contribution in [-0.2, 0) is 19.4 Å². The van der Waals surface area contributed by atoms with E-state index in [9.17, 15) is 4.79 Å². The Morgan fingerprint density at radius 2 is 1.20 bits per heavy atom. The highest BCUT2D eigenvalue weighted by molar-refractivity contribution is 6.31. The van der Waals surface area contributed by atoms with Gasteiger partial charge in [-0.25, -0.2) is 0 Å². The van der Waals surface area contributed by atoms with E-state index in [1.807, 2.05) is 36.4 Å². The maximum absolute atomic E-state index is 10.6. The molecule has 0 amide bonds. The molecule has 0 radical (unpaired) electrons. The Balaban J connectivity index is 0.000000220. The van der Waals surface area contributed by atoms with Gasteiger partial charge in [-0.1, -0.05) is 50.9 Å². The molecule has 0 aliphatic carbocycles. The first-order valence-electron chi connectivity index (χ1n) is 13.2. The molecule has 0 saturated heterocycles. The van der Waals surface area contributed by atoms with Gasteiger partial charge in [-0.2, -0.15) is 0 Å². The monoisotopic (exact) mass is 586 g/mol. The van der Waals surface area contributed by atoms with Gasteiger partial charge in [0.15, 0.2) is 12.0 Å². The van der Waals surface area contributed by atoms with Crippen molar-refractivity contribution in [2.24, 2.45) is 11.8 Å². The van der Waals surface area contributed by atoms with Crippen molar-refractivity contribution in [1.82, 2.24) is 0 Å². The van der Waals surface area contributed by atoms with Crippen LogP contribution < -0.4 is 9.47 Å². The molecule has 0 spiro atoms. The first kappa shape index (κ1) is 31.3. The number of furan rings is 2. The van der Waals surface area contributed by atoms with Crippen molar-refractivity contribution in [2.45, 2.75) is 47.1 Å². The SMILES string of the molecule is CC(C)COc1ccc(Cl)cc1Cc1ccc(C=O)o1.CC(C)COc1ccc(Cl)cc1Cc1ccc(CO)o1. The summed E-state index contributed by atoms with van der Waals surface area (Å²) >= 11 is 12.1. The summed E-state index contributed by atoms with van der Waals surface area (Å²) in [6, 6.07) is 18.2. The molecule has 0 saturated carbocycles. The molecule has 0 bridgehead atoms. The predicted octanol–water partition coefficient (Wildman–Crippen LogP) is 8.42. The minimum Gasteiger partial charge on any atom is -0.493 e. The number of carbonyl (C=O) groups excluding carboxylic acids is 1. The average molecular weight is 588 g/mol. The van der Waals surface area contributed by atoms with E-state index < -0.39 is 0 Å². The highest BCUT2D eigenvalue weighted by Crippen LogP contribution is 2.28. The van der Waals surface area contributed by atoms with Gasteiger partial charge < -0.3 is 23.4 Å². The van der Waals surface area contributed by atoms with E-state index in [1.165, 1.54) is 0 Å². The number of ether oxygens (including phenoxy) is 2. The van der Waals surface area contributed by atoms with Crippen molar-refractivity contribution in [2.75, 3.05) is 13.2 Å². The van der Waals surface area contributed by atoms with Gasteiger partial charge in [0.25, 0.3) is 0 Å². The summed E-state index contributed by atoms with van der Waals surface area (Å²) in [5.41, 5.74) is 1.93. The van der Waals surface area contributed by atoms with Crippen molar-refractivity contribution >= 4 is 29.5 Å². The maximum atomic E-state index is 10.6. The molecule has 214 valence electrons. The van der Waals surface area contributed by atoms with Gasteiger partial charge in [0.05, 0.1) is 13.2 Å². The Bertz CT molecular complexity index is 1360. The molecule has 0 fully saturated rings. The summed E-state index contributed by atoms with van der Waals surface area (Å²) in [5, 5.41) is 10.3. The van der Waals surface area contributed by atoms with Gasteiger partial charge in [-0.15, -0.1) is 0 Å². The molecule has 0 unspecified atom stereocenters. The van der Waals surface area contributed by atoms with Crippen LogP contribution in [0.3, 0.4) is 0 Å². The number of aliphatic hydroxyl groups excluding tert-OH is 1. The molecule has 1 N–H and O–H groups in total. The normalized spacial score (nSPS) is 10.9. The zero-order valence-corrected chi connectivity index (χ0v) is 24.8. The Morgan fingerprint density at radius 3 is 1.62 bits per heavy atom. The van der Waals surface area contributed by atoms with Crippen LogP contribution in [0.2, 0.25) is 10.0 Å². The Morgan fingerprint density at radius 1 is 0.725 bits per heavy atom. The fraction of sp³-hybridized carbons (Fsp3) is 0.344. The molecule has 0 atom stereocenters. The molecule has 0 aliphatic rings. The number of aldehydes is 1. The van der Waals surface area contributed by atoms with Crippen LogP contribution in [0, 0.1) is 11.8 Å². The molecule has 2 aromatic heterocycles. The van der Waals surface area contributed by atoms with Gasteiger partial charge in [0, 0.05) is 34.0 Å². The molecule has 0 aliphatic heterocycles. The second-order valence-corrected chi connectivity index (χ2v) is 11.1. The number of aliphatic hydroxyl groups is 1. The largest absolute Gasteiger partial charge is 0.493 e. The van der Waals surface area contributed by atoms with Crippen molar-refractivity contribution in [3.05, 3.63) is 105 Å². The summed E-state index contributed by atoms with van der Waals surface area (Å²) in [7, 11) is 0. The minimum absolute atomic E-state index is 0.0910. The van der Waals surface area contributed by atoms with Crippen molar-refractivity contribution in [3.63, 3.8) is 0 Å². The zero-order valence-electron chi connectivity index (χ0n) is 23.3. The van der Waals surface area contributed by atoms with E-state index in [0.717, 1.165) is 28.4 Å². The first-order valence-corrected chi connectivity index (χ1v) is 14.0. The average Bonchev–Trinajstić information content (AvgIpc) is 3.57. The van der Waals surface area contributed by atoms with Gasteiger partial charge in [0.2, 0.25) is 0 Å². The van der Waals surface area contributed by atoms with Gasteiger partial charge in [0.1, 0.15) is 35.4 Å². The molecule has 2 heterocycles. The summed E-state index contributed by atoms with van der Waals surface area (Å²) in [6.45, 7) is 9.62. The second kappa shape index (κ2) is 15.6. The lowest BCUT2D eigenvalue weighted by Gasteiger charge is -2.13. The Labute approximate surface area is 245 Å². The van der Waals surface area contributed by atoms with E-state index in [-0.39, 0.29) is 6.61 Å². The van der Waals surface area contributed by atoms with E-state index in [0.29, 0.717) is 71.5 Å². The second-order valence-electron chi connectivity index (χ2n) is 10.2. The van der Waals surface area contributed by atoms with Crippen LogP contribution in [0.15, 0.2) is 69.5 Å². The number of benzene rings is 2. The van der Waals surface area contributed by atoms with Gasteiger partial charge in [-0.3, -0.25) is 4.79 Å². The highest BCUT2D eigenvalue weighted by Gasteiger charge is 2.11. The molecule has 4 rings (SSSR count). The summed E-state index contributed by atoms with van der Waals surface area (Å²) < 4.78 is 22.5. The highest BCUT2D eigenvalue weighted by atomic mass is 35.5. The number of halogens is 2. The summed E-state index contributed by atoms with van der Waals surface area (Å²) in [4.78, 5) is 10.6. The number of hydrogen-bond acceptors (Lipinski definition) is 6. The summed E-state index contributed by atoms with van der Waals surface area (Å²) in [6.07, 6.45) is 1.83. The van der Waals surface area contributed by atoms with Crippen LogP contribution >= 0.6 is 23.2 Å². The quantitative estimate of drug-likeness (QED) is 0.168. The van der Waals surface area contributed by atoms with Gasteiger partial charge >= 0.3 is 0 Å². The lowest BCUT2D eigenvalue weighted by molar-refractivity contribution is 0.109. The topological polar surface area (TPSA) is 82.0 Å². The molecular formula is C32H36Cl2O6. The van der Waals surface area contributed by atoms with Crippen molar-refractivity contribution < 1.29 is 28.2 Å². The van der Waals surface area contributed by atoms with E-state index in [1.54, 1.807) is 24.3 Å². The first-order chi connectivity index (χ1) is 19.2. The van der Waals surface area contributed by atoms with Crippen LogP contribution in [0.25, 0.3) is 0 Å². The smallest absolute Gasteiger partial charge is 0.185 e. The van der Waals surface area contributed by atoms with Crippen molar-refractivity contribution in [3.8, 4) is 11.5 Å². The molecule has 6 nitrogen and oxygen atoms in total. The fourth-order valence-electron chi connectivity index (χ4n) is 3.70. The maximum Gasteiger partial charge on any atom is 0.185 e. The molecule has 40 heavy (non-hydrogen) atoms. The zero-order chi connectivity index (χ0) is 29.1. The molecule has 8 heteroatoms. The minimum atomic E-state index is -0.0910. The lowest BCUT2D eigenvalue weighted by Crippen LogP contribution is -2.06. The van der Waals surface area contributed by atoms with E-state index >= 15 is 0 Å². The number of rotatable bonds is 12. The molecule has 2 aromatic carbocycles. The Kier molecular flexibility index (Phi) is 12.2. The fourth-order valence-corrected chi connectivity index (χ4v) is 4.09. The van der Waals surface area contributed by atoms with E-state index in [2.05, 4.69) is 27.7 Å². The standard InChI is InChI=1S/C16H19ClO3.C16H17ClO3/c2*1-11(2)10-19-16-6-3-13(17)7-12(16)8-14-4-5-15(9-18)20-14/h3-7,11,18H,8-10H2,1-2H3;3-7,9,11H,8,10H2,1-2H3. The molecular weight excluding hydrogens is 551 g/mol. The lowest BCUT2D eigenvalue weighted by atomic mass is 10.1. The van der Waals surface area contributed by atoms with Crippen LogP contribution in [0.1, 0.15) is 66.7 Å². The third-order valence-electron chi connectivity index (χ3n) is 5.59. The third-order valence-corrected chi connectivity index (χ3v) is 6.06. The Hall–Kier alpha value is -3.19. The number of carbonyl (C=O) groups is 1. The molecule has 4 aromatic rings. The summed E-state index contributed by atoms with van der Waals surface area (Å²) in [5.74, 6) is 4.91. The van der Waals surface area contributed by atoms with Crippen molar-refractivity contribution in [1.29, 1.82) is 0 Å². The third kappa shape index (κ3) is 10.1. The predicted molar refractivity (Wildman–Crippen MR) is 158 cm³/mol. The van der Waals surface area contributed by atoms with Crippen LogP contribution in [0.4, 0.5) is 0 Å². The van der Waals surface area contributed by atoms with Gasteiger partial charge in [-0.05, 0) is 72.5 Å². The van der Waals surface area contributed by atoms with Crippen LogP contribution in [-0.4, -0.2) is 24.6 Å². The van der Waals surface area contributed by atoms with E-state index in [4.69, 9.17) is 46.6 Å². The van der Waals surface area contributed by atoms with Crippen LogP contribution in [0.5, 0.6) is 11.5 Å².